The molecule has 0 N–H and O–H groups in total. The van der Waals surface area contributed by atoms with E-state index in [1.165, 1.54) is 18.5 Å². The largest absolute Gasteiger partial charge is 0.459 e. The Morgan fingerprint density at radius 3 is 2.24 bits per heavy atom. The van der Waals surface area contributed by atoms with E-state index < -0.39 is 0 Å². The van der Waals surface area contributed by atoms with E-state index in [9.17, 15) is 4.79 Å². The van der Waals surface area contributed by atoms with Crippen LogP contribution >= 0.6 is 0 Å². The number of carbonyl (C=O) groups excluding carboxylic acids is 1. The number of hydrogen-bond acceptors (Lipinski definition) is 4. The van der Waals surface area contributed by atoms with Crippen LogP contribution in [0.2, 0.25) is 0 Å². The molecule has 0 aliphatic carbocycles. The van der Waals surface area contributed by atoms with Crippen LogP contribution < -0.4 is 4.90 Å². The molecule has 1 aromatic heterocycles. The Kier molecular flexibility index (Phi) is 4.74. The van der Waals surface area contributed by atoms with Crippen molar-refractivity contribution in [2.45, 2.75) is 18.9 Å². The predicted molar refractivity (Wildman–Crippen MR) is 97.9 cm³/mol. The summed E-state index contributed by atoms with van der Waals surface area (Å²) in [5.74, 6) is 0.466. The third-order valence-electron chi connectivity index (χ3n) is 5.44. The summed E-state index contributed by atoms with van der Waals surface area (Å²) in [6.45, 7) is 5.72. The van der Waals surface area contributed by atoms with Crippen molar-refractivity contribution in [2.75, 3.05) is 44.2 Å². The van der Waals surface area contributed by atoms with Crippen molar-refractivity contribution >= 4 is 11.6 Å². The third-order valence-corrected chi connectivity index (χ3v) is 5.44. The zero-order valence-corrected chi connectivity index (χ0v) is 14.5. The molecule has 2 saturated heterocycles. The number of piperidine rings is 1. The lowest BCUT2D eigenvalue weighted by Crippen LogP contribution is -2.54. The number of nitrogens with zero attached hydrogens (tertiary/aromatic N) is 3. The van der Waals surface area contributed by atoms with Gasteiger partial charge >= 0.3 is 0 Å². The molecule has 3 heterocycles. The second-order valence-electron chi connectivity index (χ2n) is 6.86. The van der Waals surface area contributed by atoms with Gasteiger partial charge in [0.15, 0.2) is 5.76 Å². The first-order valence-electron chi connectivity index (χ1n) is 9.18. The van der Waals surface area contributed by atoms with Gasteiger partial charge in [0.25, 0.3) is 5.91 Å². The van der Waals surface area contributed by atoms with Crippen LogP contribution in [0.1, 0.15) is 23.4 Å². The lowest BCUT2D eigenvalue weighted by atomic mass is 10.0. The van der Waals surface area contributed by atoms with Gasteiger partial charge in [0.05, 0.1) is 6.26 Å². The van der Waals surface area contributed by atoms with E-state index in [1.54, 1.807) is 18.4 Å². The highest BCUT2D eigenvalue weighted by atomic mass is 16.3. The van der Waals surface area contributed by atoms with Crippen LogP contribution in [0.4, 0.5) is 5.69 Å². The molecule has 1 amide bonds. The highest BCUT2D eigenvalue weighted by molar-refractivity contribution is 5.91. The topological polar surface area (TPSA) is 39.9 Å². The number of para-hydroxylation sites is 1. The number of anilines is 1. The van der Waals surface area contributed by atoms with E-state index in [0.717, 1.165) is 39.3 Å². The normalized spacial score (nSPS) is 20.0. The fraction of sp³-hybridized carbons (Fsp3) is 0.450. The minimum atomic E-state index is 0.0172. The van der Waals surface area contributed by atoms with Crippen molar-refractivity contribution in [3.8, 4) is 0 Å². The number of rotatable bonds is 3. The molecule has 0 spiro atoms. The molecule has 0 radical (unpaired) electrons. The van der Waals surface area contributed by atoms with Crippen molar-refractivity contribution in [3.63, 3.8) is 0 Å². The predicted octanol–water partition coefficient (Wildman–Crippen LogP) is 2.71. The molecule has 1 aromatic carbocycles. The average Bonchev–Trinajstić information content (AvgIpc) is 3.23. The number of piperazine rings is 1. The summed E-state index contributed by atoms with van der Waals surface area (Å²) in [6, 6.07) is 14.8. The van der Waals surface area contributed by atoms with Gasteiger partial charge in [-0.3, -0.25) is 9.69 Å². The van der Waals surface area contributed by atoms with Gasteiger partial charge in [0.2, 0.25) is 0 Å². The highest BCUT2D eigenvalue weighted by Gasteiger charge is 2.29. The Labute approximate surface area is 148 Å². The van der Waals surface area contributed by atoms with Gasteiger partial charge in [-0.05, 0) is 37.1 Å². The van der Waals surface area contributed by atoms with E-state index in [0.29, 0.717) is 11.8 Å². The monoisotopic (exact) mass is 339 g/mol. The molecular formula is C20H25N3O2. The zero-order valence-electron chi connectivity index (χ0n) is 14.5. The van der Waals surface area contributed by atoms with E-state index in [-0.39, 0.29) is 5.91 Å². The van der Waals surface area contributed by atoms with Crippen LogP contribution in [0.3, 0.4) is 0 Å². The lowest BCUT2D eigenvalue weighted by Gasteiger charge is -2.43. The second-order valence-corrected chi connectivity index (χ2v) is 6.86. The Morgan fingerprint density at radius 1 is 0.880 bits per heavy atom. The first-order chi connectivity index (χ1) is 12.3. The van der Waals surface area contributed by atoms with E-state index in [4.69, 9.17) is 4.42 Å². The van der Waals surface area contributed by atoms with Crippen molar-refractivity contribution < 1.29 is 9.21 Å². The van der Waals surface area contributed by atoms with Crippen molar-refractivity contribution in [1.82, 2.24) is 9.80 Å². The number of carbonyl (C=O) groups is 1. The summed E-state index contributed by atoms with van der Waals surface area (Å²) in [7, 11) is 0. The van der Waals surface area contributed by atoms with E-state index in [2.05, 4.69) is 40.1 Å². The van der Waals surface area contributed by atoms with Gasteiger partial charge in [0, 0.05) is 51.0 Å². The van der Waals surface area contributed by atoms with Crippen molar-refractivity contribution in [3.05, 3.63) is 54.5 Å². The molecule has 5 nitrogen and oxygen atoms in total. The first kappa shape index (κ1) is 16.2. The van der Waals surface area contributed by atoms with Crippen LogP contribution in [-0.2, 0) is 0 Å². The minimum absolute atomic E-state index is 0.0172. The standard InChI is InChI=1S/C20H25N3O2/c24-20(19-7-4-16-25-19)23-14-12-22(13-15-23)18-8-10-21(11-9-18)17-5-2-1-3-6-17/h1-7,16,18H,8-15H2. The Balaban J connectivity index is 1.27. The van der Waals surface area contributed by atoms with Crippen LogP contribution in [0.15, 0.2) is 53.1 Å². The summed E-state index contributed by atoms with van der Waals surface area (Å²) in [6.07, 6.45) is 3.95. The fourth-order valence-electron chi connectivity index (χ4n) is 3.97. The molecule has 25 heavy (non-hydrogen) atoms. The SMILES string of the molecule is O=C(c1ccco1)N1CCN(C2CCN(c3ccccc3)CC2)CC1. The Hall–Kier alpha value is -2.27. The molecule has 0 saturated carbocycles. The quantitative estimate of drug-likeness (QED) is 0.862. The molecule has 2 aliphatic rings. The number of hydrogen-bond donors (Lipinski definition) is 0. The summed E-state index contributed by atoms with van der Waals surface area (Å²) in [5.41, 5.74) is 1.33. The van der Waals surface area contributed by atoms with Crippen LogP contribution in [0.25, 0.3) is 0 Å². The summed E-state index contributed by atoms with van der Waals surface area (Å²) in [4.78, 5) is 19.3. The van der Waals surface area contributed by atoms with Gasteiger partial charge in [-0.1, -0.05) is 18.2 Å². The molecular weight excluding hydrogens is 314 g/mol. The average molecular weight is 339 g/mol. The molecule has 2 aromatic rings. The maximum atomic E-state index is 12.4. The van der Waals surface area contributed by atoms with Gasteiger partial charge in [-0.2, -0.15) is 0 Å². The summed E-state index contributed by atoms with van der Waals surface area (Å²) < 4.78 is 5.24. The first-order valence-corrected chi connectivity index (χ1v) is 9.18. The molecule has 0 unspecified atom stereocenters. The van der Waals surface area contributed by atoms with Gasteiger partial charge in [0.1, 0.15) is 0 Å². The minimum Gasteiger partial charge on any atom is -0.459 e. The smallest absolute Gasteiger partial charge is 0.289 e. The van der Waals surface area contributed by atoms with E-state index in [1.807, 2.05) is 4.90 Å². The summed E-state index contributed by atoms with van der Waals surface area (Å²) in [5, 5.41) is 0. The van der Waals surface area contributed by atoms with E-state index >= 15 is 0 Å². The second kappa shape index (κ2) is 7.31. The molecule has 0 atom stereocenters. The molecule has 132 valence electrons. The third kappa shape index (κ3) is 3.56. The fourth-order valence-corrected chi connectivity index (χ4v) is 3.97. The number of furan rings is 1. The van der Waals surface area contributed by atoms with Crippen LogP contribution in [-0.4, -0.2) is 61.0 Å². The molecule has 5 heteroatoms. The Bertz CT molecular complexity index is 670. The van der Waals surface area contributed by atoms with Crippen molar-refractivity contribution in [1.29, 1.82) is 0 Å². The molecule has 2 fully saturated rings. The lowest BCUT2D eigenvalue weighted by molar-refractivity contribution is 0.0514. The molecule has 0 bridgehead atoms. The van der Waals surface area contributed by atoms with Gasteiger partial charge in [-0.15, -0.1) is 0 Å². The van der Waals surface area contributed by atoms with Crippen LogP contribution in [0.5, 0.6) is 0 Å². The van der Waals surface area contributed by atoms with Crippen LogP contribution in [0, 0.1) is 0 Å². The maximum Gasteiger partial charge on any atom is 0.289 e. The van der Waals surface area contributed by atoms with Crippen molar-refractivity contribution in [2.24, 2.45) is 0 Å². The summed E-state index contributed by atoms with van der Waals surface area (Å²) >= 11 is 0. The Morgan fingerprint density at radius 2 is 1.60 bits per heavy atom. The number of amides is 1. The van der Waals surface area contributed by atoms with Gasteiger partial charge < -0.3 is 14.2 Å². The van der Waals surface area contributed by atoms with Gasteiger partial charge in [-0.25, -0.2) is 0 Å². The molecule has 2 aliphatic heterocycles. The zero-order chi connectivity index (χ0) is 17.1. The maximum absolute atomic E-state index is 12.4. The molecule has 4 rings (SSSR count). The highest BCUT2D eigenvalue weighted by Crippen LogP contribution is 2.23. The number of benzene rings is 1.